The van der Waals surface area contributed by atoms with E-state index in [1.54, 1.807) is 24.3 Å². The molecule has 5 nitrogen and oxygen atoms in total. The van der Waals surface area contributed by atoms with Crippen molar-refractivity contribution in [3.8, 4) is 0 Å². The number of hydrogen-bond acceptors (Lipinski definition) is 4. The molecular formula is C12H15NO4S2. The quantitative estimate of drug-likeness (QED) is 0.732. The number of hydrogen-bond donors (Lipinski definition) is 2. The third-order valence-electron chi connectivity index (χ3n) is 2.44. The molecule has 0 aliphatic rings. The monoisotopic (exact) mass is 301 g/mol. The summed E-state index contributed by atoms with van der Waals surface area (Å²) in [5.74, 6) is -1.27. The second kappa shape index (κ2) is 6.63. The lowest BCUT2D eigenvalue weighted by atomic mass is 10.1. The van der Waals surface area contributed by atoms with Crippen molar-refractivity contribution in [2.75, 3.05) is 5.75 Å². The van der Waals surface area contributed by atoms with E-state index in [9.17, 15) is 13.2 Å². The highest BCUT2D eigenvalue weighted by molar-refractivity contribution is 7.90. The van der Waals surface area contributed by atoms with Gasteiger partial charge in [0, 0.05) is 12.0 Å². The van der Waals surface area contributed by atoms with Crippen LogP contribution in [-0.4, -0.2) is 30.2 Å². The van der Waals surface area contributed by atoms with Crippen molar-refractivity contribution in [1.29, 1.82) is 0 Å². The number of thiocarbonyl (C=S) groups is 1. The van der Waals surface area contributed by atoms with Crippen LogP contribution in [0.1, 0.15) is 24.0 Å². The number of sulfone groups is 1. The molecular weight excluding hydrogens is 286 g/mol. The molecule has 1 rings (SSSR count). The van der Waals surface area contributed by atoms with Crippen LogP contribution in [0.25, 0.3) is 0 Å². The minimum absolute atomic E-state index is 0.118. The second-order valence-electron chi connectivity index (χ2n) is 4.15. The van der Waals surface area contributed by atoms with Crippen molar-refractivity contribution in [1.82, 2.24) is 0 Å². The molecule has 0 aliphatic carbocycles. The molecule has 0 saturated carbocycles. The number of rotatable bonds is 7. The fourth-order valence-electron chi connectivity index (χ4n) is 1.58. The van der Waals surface area contributed by atoms with Crippen molar-refractivity contribution >= 4 is 33.0 Å². The molecule has 0 fully saturated rings. The summed E-state index contributed by atoms with van der Waals surface area (Å²) < 4.78 is 23.6. The van der Waals surface area contributed by atoms with Crippen LogP contribution in [0, 0.1) is 0 Å². The summed E-state index contributed by atoms with van der Waals surface area (Å²) in [6.45, 7) is 0. The van der Waals surface area contributed by atoms with E-state index in [-0.39, 0.29) is 29.3 Å². The topological polar surface area (TPSA) is 97.5 Å². The Morgan fingerprint density at radius 3 is 2.63 bits per heavy atom. The average molecular weight is 301 g/mol. The zero-order valence-corrected chi connectivity index (χ0v) is 11.8. The average Bonchev–Trinajstić information content (AvgIpc) is 2.27. The van der Waals surface area contributed by atoms with E-state index in [1.165, 1.54) is 0 Å². The molecule has 0 heterocycles. The molecule has 0 spiro atoms. The van der Waals surface area contributed by atoms with Crippen LogP contribution in [-0.2, 0) is 20.4 Å². The maximum atomic E-state index is 11.8. The molecule has 0 bridgehead atoms. The number of nitrogens with two attached hydrogens (primary N) is 1. The molecule has 0 saturated heterocycles. The number of benzene rings is 1. The van der Waals surface area contributed by atoms with Gasteiger partial charge in [-0.1, -0.05) is 30.4 Å². The normalized spacial score (nSPS) is 11.2. The number of carboxylic acids is 1. The number of aliphatic carboxylic acids is 1. The summed E-state index contributed by atoms with van der Waals surface area (Å²) in [4.78, 5) is 10.6. The lowest BCUT2D eigenvalue weighted by Gasteiger charge is -2.05. The Labute approximate surface area is 117 Å². The standard InChI is InChI=1S/C12H15NO4S2/c13-12(18)10-4-1-3-9(7-10)8-19(16,17)6-2-5-11(14)15/h1,3-4,7H,2,5-6,8H2,(H2,13,18)(H,14,15). The van der Waals surface area contributed by atoms with Crippen LogP contribution < -0.4 is 5.73 Å². The summed E-state index contributed by atoms with van der Waals surface area (Å²) in [7, 11) is -3.32. The summed E-state index contributed by atoms with van der Waals surface area (Å²) in [5.41, 5.74) is 6.69. The Morgan fingerprint density at radius 2 is 2.05 bits per heavy atom. The molecule has 19 heavy (non-hydrogen) atoms. The fourth-order valence-corrected chi connectivity index (χ4v) is 3.13. The van der Waals surface area contributed by atoms with Crippen LogP contribution in [0.3, 0.4) is 0 Å². The van der Waals surface area contributed by atoms with Crippen molar-refractivity contribution in [2.24, 2.45) is 5.73 Å². The van der Waals surface area contributed by atoms with Gasteiger partial charge in [-0.2, -0.15) is 0 Å². The minimum atomic E-state index is -3.32. The molecule has 7 heteroatoms. The maximum absolute atomic E-state index is 11.8. The molecule has 0 radical (unpaired) electrons. The first kappa shape index (κ1) is 15.6. The van der Waals surface area contributed by atoms with Gasteiger partial charge < -0.3 is 10.8 Å². The molecule has 0 unspecified atom stereocenters. The van der Waals surface area contributed by atoms with Gasteiger partial charge in [-0.25, -0.2) is 8.42 Å². The third-order valence-corrected chi connectivity index (χ3v) is 4.36. The van der Waals surface area contributed by atoms with Crippen molar-refractivity contribution in [3.63, 3.8) is 0 Å². The molecule has 0 aromatic heterocycles. The summed E-state index contributed by atoms with van der Waals surface area (Å²) in [6.07, 6.45) is -0.0290. The van der Waals surface area contributed by atoms with Crippen LogP contribution in [0.15, 0.2) is 24.3 Å². The third kappa shape index (κ3) is 5.80. The molecule has 0 aliphatic heterocycles. The van der Waals surface area contributed by atoms with Crippen LogP contribution in [0.5, 0.6) is 0 Å². The van der Waals surface area contributed by atoms with Crippen LogP contribution in [0.4, 0.5) is 0 Å². The highest BCUT2D eigenvalue weighted by Crippen LogP contribution is 2.11. The second-order valence-corrected chi connectivity index (χ2v) is 6.78. The summed E-state index contributed by atoms with van der Waals surface area (Å²) in [6, 6.07) is 6.72. The Morgan fingerprint density at radius 1 is 1.37 bits per heavy atom. The van der Waals surface area contributed by atoms with Crippen molar-refractivity contribution < 1.29 is 18.3 Å². The predicted molar refractivity (Wildman–Crippen MR) is 76.7 cm³/mol. The zero-order valence-electron chi connectivity index (χ0n) is 10.2. The fraction of sp³-hybridized carbons (Fsp3) is 0.333. The minimum Gasteiger partial charge on any atom is -0.481 e. The Bertz CT molecular complexity index is 581. The predicted octanol–water partition coefficient (Wildman–Crippen LogP) is 1.10. The first-order valence-corrected chi connectivity index (χ1v) is 7.84. The van der Waals surface area contributed by atoms with E-state index >= 15 is 0 Å². The van der Waals surface area contributed by atoms with Gasteiger partial charge in [0.15, 0.2) is 9.84 Å². The molecule has 0 atom stereocenters. The Hall–Kier alpha value is -1.47. The molecule has 1 aromatic carbocycles. The van der Waals surface area contributed by atoms with Crippen molar-refractivity contribution in [3.05, 3.63) is 35.4 Å². The summed E-state index contributed by atoms with van der Waals surface area (Å²) >= 11 is 4.82. The van der Waals surface area contributed by atoms with Gasteiger partial charge in [0.25, 0.3) is 0 Å². The van der Waals surface area contributed by atoms with Gasteiger partial charge in [-0.3, -0.25) is 4.79 Å². The van der Waals surface area contributed by atoms with E-state index in [0.717, 1.165) is 0 Å². The molecule has 0 amide bonds. The summed E-state index contributed by atoms with van der Waals surface area (Å²) in [5, 5.41) is 8.47. The largest absolute Gasteiger partial charge is 0.481 e. The van der Waals surface area contributed by atoms with E-state index in [2.05, 4.69) is 0 Å². The Kier molecular flexibility index (Phi) is 5.44. The van der Waals surface area contributed by atoms with E-state index in [1.807, 2.05) is 0 Å². The van der Waals surface area contributed by atoms with E-state index in [4.69, 9.17) is 23.1 Å². The number of carbonyl (C=O) groups is 1. The van der Waals surface area contributed by atoms with Crippen LogP contribution in [0.2, 0.25) is 0 Å². The maximum Gasteiger partial charge on any atom is 0.303 e. The number of carboxylic acid groups (broad SMARTS) is 1. The lowest BCUT2D eigenvalue weighted by Crippen LogP contribution is -2.13. The molecule has 104 valence electrons. The molecule has 1 aromatic rings. The van der Waals surface area contributed by atoms with Gasteiger partial charge in [0.1, 0.15) is 4.99 Å². The van der Waals surface area contributed by atoms with Gasteiger partial charge in [0.05, 0.1) is 11.5 Å². The van der Waals surface area contributed by atoms with E-state index in [0.29, 0.717) is 11.1 Å². The van der Waals surface area contributed by atoms with E-state index < -0.39 is 15.8 Å². The van der Waals surface area contributed by atoms with Crippen LogP contribution >= 0.6 is 12.2 Å². The van der Waals surface area contributed by atoms with Crippen molar-refractivity contribution in [2.45, 2.75) is 18.6 Å². The first-order valence-electron chi connectivity index (χ1n) is 5.61. The zero-order chi connectivity index (χ0) is 14.5. The highest BCUT2D eigenvalue weighted by Gasteiger charge is 2.13. The van der Waals surface area contributed by atoms with Gasteiger partial charge >= 0.3 is 5.97 Å². The molecule has 3 N–H and O–H groups in total. The van der Waals surface area contributed by atoms with Gasteiger partial charge in [-0.05, 0) is 18.1 Å². The smallest absolute Gasteiger partial charge is 0.303 e. The van der Waals surface area contributed by atoms with Gasteiger partial charge in [0.2, 0.25) is 0 Å². The van der Waals surface area contributed by atoms with Gasteiger partial charge in [-0.15, -0.1) is 0 Å². The SMILES string of the molecule is NC(=S)c1cccc(CS(=O)(=O)CCCC(=O)O)c1. The Balaban J connectivity index is 2.70. The lowest BCUT2D eigenvalue weighted by molar-refractivity contribution is -0.137. The first-order chi connectivity index (χ1) is 8.80. The highest BCUT2D eigenvalue weighted by atomic mass is 32.2.